The summed E-state index contributed by atoms with van der Waals surface area (Å²) in [5.74, 6) is 0.953. The summed E-state index contributed by atoms with van der Waals surface area (Å²) in [5.41, 5.74) is 0.818. The Morgan fingerprint density at radius 2 is 1.83 bits per heavy atom. The van der Waals surface area contributed by atoms with E-state index in [2.05, 4.69) is 45.2 Å². The number of benzene rings is 1. The number of rotatable bonds is 3. The topological polar surface area (TPSA) is 58.6 Å². The van der Waals surface area contributed by atoms with Crippen LogP contribution in [0.1, 0.15) is 31.2 Å². The first-order valence-corrected chi connectivity index (χ1v) is 10.7. The first-order valence-electron chi connectivity index (χ1n) is 9.89. The number of nitrogens with zero attached hydrogens (tertiary/aromatic N) is 4. The maximum absolute atomic E-state index is 12.3. The summed E-state index contributed by atoms with van der Waals surface area (Å²) in [4.78, 5) is 27.7. The lowest BCUT2D eigenvalue weighted by Crippen LogP contribution is -2.50. The van der Waals surface area contributed by atoms with Crippen LogP contribution in [0.15, 0.2) is 42.7 Å². The van der Waals surface area contributed by atoms with E-state index in [0.29, 0.717) is 13.1 Å². The van der Waals surface area contributed by atoms with Crippen molar-refractivity contribution in [1.29, 1.82) is 0 Å². The molecule has 0 atom stereocenters. The number of thiophene rings is 1. The van der Waals surface area contributed by atoms with Crippen molar-refractivity contribution < 1.29 is 9.53 Å². The monoisotopic (exact) mass is 410 g/mol. The van der Waals surface area contributed by atoms with Crippen molar-refractivity contribution in [1.82, 2.24) is 14.9 Å². The number of fused-ring (bicyclic) bond motifs is 1. The minimum atomic E-state index is -0.473. The van der Waals surface area contributed by atoms with Crippen LogP contribution in [0.5, 0.6) is 0 Å². The van der Waals surface area contributed by atoms with Crippen LogP contribution in [0.4, 0.5) is 10.6 Å². The average molecular weight is 411 g/mol. The van der Waals surface area contributed by atoms with E-state index in [-0.39, 0.29) is 6.09 Å². The highest BCUT2D eigenvalue weighted by atomic mass is 32.1. The molecule has 1 fully saturated rings. The van der Waals surface area contributed by atoms with Crippen LogP contribution in [-0.2, 0) is 11.2 Å². The van der Waals surface area contributed by atoms with Crippen molar-refractivity contribution >= 4 is 33.5 Å². The second-order valence-corrected chi connectivity index (χ2v) is 9.36. The molecule has 1 aliphatic heterocycles. The van der Waals surface area contributed by atoms with Crippen LogP contribution < -0.4 is 4.90 Å². The normalized spacial score (nSPS) is 15.0. The number of anilines is 1. The van der Waals surface area contributed by atoms with Gasteiger partial charge in [-0.2, -0.15) is 0 Å². The van der Waals surface area contributed by atoms with Gasteiger partial charge in [0.05, 0.1) is 5.39 Å². The van der Waals surface area contributed by atoms with Gasteiger partial charge in [0, 0.05) is 37.5 Å². The summed E-state index contributed by atoms with van der Waals surface area (Å²) in [6.45, 7) is 8.39. The van der Waals surface area contributed by atoms with E-state index in [0.717, 1.165) is 35.5 Å². The van der Waals surface area contributed by atoms with Gasteiger partial charge in [-0.15, -0.1) is 11.3 Å². The molecule has 1 saturated heterocycles. The first kappa shape index (κ1) is 19.6. The maximum Gasteiger partial charge on any atom is 0.410 e. The van der Waals surface area contributed by atoms with Crippen molar-refractivity contribution in [2.45, 2.75) is 32.8 Å². The second-order valence-electron chi connectivity index (χ2n) is 8.25. The third-order valence-electron chi connectivity index (χ3n) is 4.81. The molecule has 0 unspecified atom stereocenters. The quantitative estimate of drug-likeness (QED) is 0.643. The number of carbonyl (C=O) groups excluding carboxylic acids is 1. The molecule has 0 saturated carbocycles. The Morgan fingerprint density at radius 3 is 2.52 bits per heavy atom. The van der Waals surface area contributed by atoms with E-state index in [4.69, 9.17) is 4.74 Å². The van der Waals surface area contributed by atoms with Crippen molar-refractivity contribution in [3.05, 3.63) is 53.2 Å². The molecule has 152 valence electrons. The molecular weight excluding hydrogens is 384 g/mol. The number of carbonyl (C=O) groups is 1. The van der Waals surface area contributed by atoms with Gasteiger partial charge in [-0.25, -0.2) is 14.8 Å². The number of amides is 1. The number of aromatic nitrogens is 2. The van der Waals surface area contributed by atoms with E-state index in [1.165, 1.54) is 10.4 Å². The molecule has 0 aliphatic carbocycles. The van der Waals surface area contributed by atoms with E-state index in [9.17, 15) is 4.79 Å². The Kier molecular flexibility index (Phi) is 5.41. The lowest BCUT2D eigenvalue weighted by molar-refractivity contribution is 0.0240. The van der Waals surface area contributed by atoms with E-state index in [1.807, 2.05) is 26.8 Å². The Hall–Kier alpha value is -2.67. The predicted molar refractivity (Wildman–Crippen MR) is 117 cm³/mol. The largest absolute Gasteiger partial charge is 0.444 e. The Balaban J connectivity index is 1.48. The third kappa shape index (κ3) is 4.67. The molecule has 3 heterocycles. The Morgan fingerprint density at radius 1 is 1.10 bits per heavy atom. The van der Waals surface area contributed by atoms with Gasteiger partial charge in [-0.3, -0.25) is 0 Å². The van der Waals surface area contributed by atoms with Gasteiger partial charge in [-0.1, -0.05) is 30.3 Å². The van der Waals surface area contributed by atoms with E-state index in [1.54, 1.807) is 22.6 Å². The SMILES string of the molecule is CC(C)(C)OC(=O)N1CCN(c2ncnc3sc(Cc4ccccc4)cc23)CC1. The van der Waals surface area contributed by atoms with Crippen molar-refractivity contribution in [3.63, 3.8) is 0 Å². The van der Waals surface area contributed by atoms with Crippen molar-refractivity contribution in [3.8, 4) is 0 Å². The summed E-state index contributed by atoms with van der Waals surface area (Å²) in [6.07, 6.45) is 2.29. The highest BCUT2D eigenvalue weighted by Crippen LogP contribution is 2.32. The van der Waals surface area contributed by atoms with Gasteiger partial charge in [0.2, 0.25) is 0 Å². The van der Waals surface area contributed by atoms with Crippen molar-refractivity contribution in [2.75, 3.05) is 31.1 Å². The molecule has 4 rings (SSSR count). The van der Waals surface area contributed by atoms with Gasteiger partial charge in [0.15, 0.2) is 0 Å². The molecule has 7 heteroatoms. The van der Waals surface area contributed by atoms with E-state index < -0.39 is 5.60 Å². The number of hydrogen-bond donors (Lipinski definition) is 0. The summed E-state index contributed by atoms with van der Waals surface area (Å²) in [7, 11) is 0. The maximum atomic E-state index is 12.3. The molecule has 6 nitrogen and oxygen atoms in total. The molecule has 1 aliphatic rings. The summed E-state index contributed by atoms with van der Waals surface area (Å²) in [6, 6.07) is 12.7. The minimum Gasteiger partial charge on any atom is -0.444 e. The zero-order valence-electron chi connectivity index (χ0n) is 17.1. The summed E-state index contributed by atoms with van der Waals surface area (Å²) >= 11 is 1.72. The van der Waals surface area contributed by atoms with Gasteiger partial charge in [-0.05, 0) is 32.4 Å². The minimum absolute atomic E-state index is 0.245. The van der Waals surface area contributed by atoms with Gasteiger partial charge < -0.3 is 14.5 Å². The molecular formula is C22H26N4O2S. The van der Waals surface area contributed by atoms with Crippen LogP contribution in [0.25, 0.3) is 10.2 Å². The molecule has 0 spiro atoms. The van der Waals surface area contributed by atoms with Crippen LogP contribution in [-0.4, -0.2) is 52.7 Å². The molecule has 3 aromatic rings. The fourth-order valence-corrected chi connectivity index (χ4v) is 4.48. The van der Waals surface area contributed by atoms with Crippen molar-refractivity contribution in [2.24, 2.45) is 0 Å². The summed E-state index contributed by atoms with van der Waals surface area (Å²) < 4.78 is 5.49. The Bertz CT molecular complexity index is 989. The van der Waals surface area contributed by atoms with Gasteiger partial charge in [0.25, 0.3) is 0 Å². The lowest BCUT2D eigenvalue weighted by Gasteiger charge is -2.36. The smallest absolute Gasteiger partial charge is 0.410 e. The average Bonchev–Trinajstić information content (AvgIpc) is 3.10. The van der Waals surface area contributed by atoms with Gasteiger partial charge >= 0.3 is 6.09 Å². The standard InChI is InChI=1S/C22H26N4O2S/c1-22(2,3)28-21(27)26-11-9-25(10-12-26)19-18-14-17(29-20(18)24-15-23-19)13-16-7-5-4-6-8-16/h4-8,14-15H,9-13H2,1-3H3. The molecule has 0 bridgehead atoms. The fourth-order valence-electron chi connectivity index (χ4n) is 3.46. The zero-order valence-corrected chi connectivity index (χ0v) is 17.9. The molecule has 1 amide bonds. The fraction of sp³-hybridized carbons (Fsp3) is 0.409. The molecule has 0 N–H and O–H groups in total. The van der Waals surface area contributed by atoms with Gasteiger partial charge in [0.1, 0.15) is 22.6 Å². The van der Waals surface area contributed by atoms with Crippen LogP contribution in [0.2, 0.25) is 0 Å². The highest BCUT2D eigenvalue weighted by molar-refractivity contribution is 7.18. The van der Waals surface area contributed by atoms with E-state index >= 15 is 0 Å². The summed E-state index contributed by atoms with van der Waals surface area (Å²) in [5, 5.41) is 1.09. The molecule has 29 heavy (non-hydrogen) atoms. The van der Waals surface area contributed by atoms with Crippen LogP contribution >= 0.6 is 11.3 Å². The molecule has 2 aromatic heterocycles. The number of ether oxygens (including phenoxy) is 1. The lowest BCUT2D eigenvalue weighted by atomic mass is 10.1. The zero-order chi connectivity index (χ0) is 20.4. The third-order valence-corrected chi connectivity index (χ3v) is 5.85. The Labute approximate surface area is 175 Å². The highest BCUT2D eigenvalue weighted by Gasteiger charge is 2.27. The number of hydrogen-bond acceptors (Lipinski definition) is 6. The molecule has 1 aromatic carbocycles. The van der Waals surface area contributed by atoms with Crippen LogP contribution in [0.3, 0.4) is 0 Å². The first-order chi connectivity index (χ1) is 13.9. The number of piperazine rings is 1. The second kappa shape index (κ2) is 7.99. The molecule has 0 radical (unpaired) electrons. The predicted octanol–water partition coefficient (Wildman–Crippen LogP) is 4.34. The van der Waals surface area contributed by atoms with Crippen LogP contribution in [0, 0.1) is 0 Å².